The van der Waals surface area contributed by atoms with Gasteiger partial charge >= 0.3 is 0 Å². The van der Waals surface area contributed by atoms with E-state index in [2.05, 4.69) is 52.6 Å². The van der Waals surface area contributed by atoms with Crippen molar-refractivity contribution in [3.05, 3.63) is 0 Å². The van der Waals surface area contributed by atoms with Gasteiger partial charge in [0.15, 0.2) is 0 Å². The van der Waals surface area contributed by atoms with Crippen LogP contribution in [-0.4, -0.2) is 23.9 Å². The molecule has 14 heavy (non-hydrogen) atoms. The fourth-order valence-electron chi connectivity index (χ4n) is 0.909. The number of hydrogen-bond acceptors (Lipinski definition) is 1. The molecule has 0 atom stereocenters. The predicted molar refractivity (Wildman–Crippen MR) is 70.6 cm³/mol. The Balaban J connectivity index is 3.43. The Bertz CT molecular complexity index is 133. The molecular formula is C11H22Br2O. The van der Waals surface area contributed by atoms with Crippen LogP contribution in [0.3, 0.4) is 0 Å². The van der Waals surface area contributed by atoms with Gasteiger partial charge in [0.1, 0.15) is 0 Å². The van der Waals surface area contributed by atoms with Crippen LogP contribution in [0.5, 0.6) is 0 Å². The van der Waals surface area contributed by atoms with Crippen molar-refractivity contribution in [3.63, 3.8) is 0 Å². The van der Waals surface area contributed by atoms with Crippen LogP contribution in [0.4, 0.5) is 0 Å². The van der Waals surface area contributed by atoms with Crippen molar-refractivity contribution in [2.45, 2.75) is 33.6 Å². The molecule has 0 radical (unpaired) electrons. The van der Waals surface area contributed by atoms with Gasteiger partial charge in [0, 0.05) is 23.9 Å². The van der Waals surface area contributed by atoms with Gasteiger partial charge in [-0.2, -0.15) is 0 Å². The molecule has 0 aliphatic carbocycles. The van der Waals surface area contributed by atoms with Crippen molar-refractivity contribution >= 4 is 31.9 Å². The summed E-state index contributed by atoms with van der Waals surface area (Å²) in [6, 6.07) is 0. The van der Waals surface area contributed by atoms with Crippen molar-refractivity contribution in [1.82, 2.24) is 0 Å². The zero-order valence-corrected chi connectivity index (χ0v) is 12.7. The van der Waals surface area contributed by atoms with E-state index in [1.165, 1.54) is 6.42 Å². The molecule has 0 aromatic rings. The SMILES string of the molecule is CC(C)CCOCCC(C)(CBr)CBr. The van der Waals surface area contributed by atoms with E-state index in [-0.39, 0.29) is 0 Å². The number of halogens is 2. The van der Waals surface area contributed by atoms with Crippen LogP contribution in [0.1, 0.15) is 33.6 Å². The maximum atomic E-state index is 5.60. The van der Waals surface area contributed by atoms with Gasteiger partial charge in [-0.15, -0.1) is 0 Å². The fourth-order valence-corrected chi connectivity index (χ4v) is 2.40. The van der Waals surface area contributed by atoms with Gasteiger partial charge in [-0.05, 0) is 24.2 Å². The molecule has 0 aliphatic rings. The van der Waals surface area contributed by atoms with E-state index in [9.17, 15) is 0 Å². The van der Waals surface area contributed by atoms with Gasteiger partial charge in [0.2, 0.25) is 0 Å². The molecule has 0 fully saturated rings. The molecule has 0 aromatic heterocycles. The highest BCUT2D eigenvalue weighted by Crippen LogP contribution is 2.26. The lowest BCUT2D eigenvalue weighted by molar-refractivity contribution is 0.102. The second kappa shape index (κ2) is 8.12. The Morgan fingerprint density at radius 2 is 1.71 bits per heavy atom. The van der Waals surface area contributed by atoms with Crippen LogP contribution in [0.25, 0.3) is 0 Å². The lowest BCUT2D eigenvalue weighted by Crippen LogP contribution is -2.22. The molecule has 0 N–H and O–H groups in total. The Kier molecular flexibility index (Phi) is 8.65. The summed E-state index contributed by atoms with van der Waals surface area (Å²) >= 11 is 7.08. The molecule has 0 bridgehead atoms. The van der Waals surface area contributed by atoms with Crippen LogP contribution in [0.2, 0.25) is 0 Å². The van der Waals surface area contributed by atoms with Gasteiger partial charge in [0.05, 0.1) is 0 Å². The third-order valence-electron chi connectivity index (χ3n) is 2.33. The molecule has 0 rings (SSSR count). The first kappa shape index (κ1) is 14.9. The first-order valence-corrected chi connectivity index (χ1v) is 7.48. The van der Waals surface area contributed by atoms with E-state index in [0.29, 0.717) is 5.41 Å². The average molecular weight is 330 g/mol. The Morgan fingerprint density at radius 3 is 2.14 bits per heavy atom. The predicted octanol–water partition coefficient (Wildman–Crippen LogP) is 4.24. The molecule has 0 aliphatic heterocycles. The van der Waals surface area contributed by atoms with E-state index in [4.69, 9.17) is 4.74 Å². The van der Waals surface area contributed by atoms with Gasteiger partial charge in [-0.1, -0.05) is 52.6 Å². The molecule has 1 nitrogen and oxygen atoms in total. The highest BCUT2D eigenvalue weighted by molar-refractivity contribution is 9.09. The third kappa shape index (κ3) is 7.24. The molecule has 0 saturated carbocycles. The van der Waals surface area contributed by atoms with Crippen molar-refractivity contribution in [2.24, 2.45) is 11.3 Å². The molecule has 86 valence electrons. The topological polar surface area (TPSA) is 9.23 Å². The summed E-state index contributed by atoms with van der Waals surface area (Å²) in [6.07, 6.45) is 2.28. The van der Waals surface area contributed by atoms with E-state index in [1.54, 1.807) is 0 Å². The first-order valence-electron chi connectivity index (χ1n) is 5.24. The zero-order valence-electron chi connectivity index (χ0n) is 9.48. The van der Waals surface area contributed by atoms with Crippen LogP contribution in [-0.2, 0) is 4.74 Å². The maximum Gasteiger partial charge on any atom is 0.0471 e. The number of hydrogen-bond donors (Lipinski definition) is 0. The second-order valence-electron chi connectivity index (χ2n) is 4.62. The van der Waals surface area contributed by atoms with Crippen LogP contribution in [0, 0.1) is 11.3 Å². The van der Waals surface area contributed by atoms with Gasteiger partial charge < -0.3 is 4.74 Å². The second-order valence-corrected chi connectivity index (χ2v) is 5.74. The highest BCUT2D eigenvalue weighted by Gasteiger charge is 2.20. The third-order valence-corrected chi connectivity index (χ3v) is 5.04. The summed E-state index contributed by atoms with van der Waals surface area (Å²) in [4.78, 5) is 0. The monoisotopic (exact) mass is 328 g/mol. The normalized spacial score (nSPS) is 12.4. The zero-order chi connectivity index (χ0) is 11.0. The van der Waals surface area contributed by atoms with Crippen LogP contribution in [0.15, 0.2) is 0 Å². The number of ether oxygens (including phenoxy) is 1. The molecule has 0 aromatic carbocycles. The Hall–Kier alpha value is 0.920. The quantitative estimate of drug-likeness (QED) is 0.478. The average Bonchev–Trinajstić information content (AvgIpc) is 2.16. The Morgan fingerprint density at radius 1 is 1.14 bits per heavy atom. The number of rotatable bonds is 8. The van der Waals surface area contributed by atoms with Crippen LogP contribution < -0.4 is 0 Å². The van der Waals surface area contributed by atoms with Gasteiger partial charge in [0.25, 0.3) is 0 Å². The Labute approximate surface area is 105 Å². The van der Waals surface area contributed by atoms with E-state index in [1.807, 2.05) is 0 Å². The van der Waals surface area contributed by atoms with Crippen molar-refractivity contribution < 1.29 is 4.74 Å². The summed E-state index contributed by atoms with van der Waals surface area (Å²) in [5, 5.41) is 2.05. The maximum absolute atomic E-state index is 5.60. The van der Waals surface area contributed by atoms with Crippen molar-refractivity contribution in [1.29, 1.82) is 0 Å². The van der Waals surface area contributed by atoms with Gasteiger partial charge in [-0.3, -0.25) is 0 Å². The summed E-state index contributed by atoms with van der Waals surface area (Å²) in [5.74, 6) is 0.744. The number of alkyl halides is 2. The summed E-state index contributed by atoms with van der Waals surface area (Å²) < 4.78 is 5.60. The summed E-state index contributed by atoms with van der Waals surface area (Å²) in [5.41, 5.74) is 0.331. The molecule has 0 amide bonds. The lowest BCUT2D eigenvalue weighted by atomic mass is 9.93. The largest absolute Gasteiger partial charge is 0.381 e. The minimum absolute atomic E-state index is 0.331. The highest BCUT2D eigenvalue weighted by atomic mass is 79.9. The van der Waals surface area contributed by atoms with Crippen molar-refractivity contribution in [3.8, 4) is 0 Å². The molecule has 3 heteroatoms. The minimum atomic E-state index is 0.331. The van der Waals surface area contributed by atoms with E-state index >= 15 is 0 Å². The molecular weight excluding hydrogens is 308 g/mol. The van der Waals surface area contributed by atoms with Crippen LogP contribution >= 0.6 is 31.9 Å². The van der Waals surface area contributed by atoms with E-state index in [0.717, 1.165) is 36.2 Å². The van der Waals surface area contributed by atoms with Gasteiger partial charge in [-0.25, -0.2) is 0 Å². The fraction of sp³-hybridized carbons (Fsp3) is 1.00. The molecule has 0 heterocycles. The summed E-state index contributed by atoms with van der Waals surface area (Å²) in [6.45, 7) is 8.50. The minimum Gasteiger partial charge on any atom is -0.381 e. The molecule has 0 saturated heterocycles. The first-order chi connectivity index (χ1) is 6.54. The molecule has 0 spiro atoms. The van der Waals surface area contributed by atoms with E-state index < -0.39 is 0 Å². The standard InChI is InChI=1S/C11H22Br2O/c1-10(2)4-6-14-7-5-11(3,8-12)9-13/h10H,4-9H2,1-3H3. The lowest BCUT2D eigenvalue weighted by Gasteiger charge is -2.24. The summed E-state index contributed by atoms with van der Waals surface area (Å²) in [7, 11) is 0. The smallest absolute Gasteiger partial charge is 0.0471 e. The van der Waals surface area contributed by atoms with Crippen molar-refractivity contribution in [2.75, 3.05) is 23.9 Å². The molecule has 0 unspecified atom stereocenters.